The molecule has 23 heavy (non-hydrogen) atoms. The second-order valence-electron chi connectivity index (χ2n) is 6.49. The van der Waals surface area contributed by atoms with Crippen LogP contribution in [0.3, 0.4) is 0 Å². The lowest BCUT2D eigenvalue weighted by atomic mass is 10.1. The van der Waals surface area contributed by atoms with Crippen molar-refractivity contribution in [3.05, 3.63) is 17.5 Å². The van der Waals surface area contributed by atoms with E-state index < -0.39 is 0 Å². The number of amides is 2. The number of nitrogens with one attached hydrogen (secondary N) is 1. The third-order valence-corrected chi connectivity index (χ3v) is 4.59. The Morgan fingerprint density at radius 3 is 2.83 bits per heavy atom. The highest BCUT2D eigenvalue weighted by Crippen LogP contribution is 2.16. The highest BCUT2D eigenvalue weighted by atomic mass is 16.5. The van der Waals surface area contributed by atoms with Gasteiger partial charge in [-0.05, 0) is 26.7 Å². The van der Waals surface area contributed by atoms with Crippen LogP contribution in [0.5, 0.6) is 0 Å². The van der Waals surface area contributed by atoms with Crippen LogP contribution < -0.4 is 5.32 Å². The summed E-state index contributed by atoms with van der Waals surface area (Å²) in [5, 5.41) is 6.98. The molecule has 0 radical (unpaired) electrons. The van der Waals surface area contributed by atoms with Crippen molar-refractivity contribution in [3.63, 3.8) is 0 Å². The zero-order valence-corrected chi connectivity index (χ0v) is 14.0. The molecule has 1 N–H and O–H groups in total. The van der Waals surface area contributed by atoms with E-state index in [1.807, 2.05) is 24.8 Å². The molecule has 0 aliphatic carbocycles. The van der Waals surface area contributed by atoms with Crippen LogP contribution in [-0.2, 0) is 11.3 Å². The van der Waals surface area contributed by atoms with Gasteiger partial charge in [0.1, 0.15) is 0 Å². The quantitative estimate of drug-likeness (QED) is 0.907. The van der Waals surface area contributed by atoms with E-state index in [4.69, 9.17) is 9.26 Å². The number of rotatable bonds is 4. The van der Waals surface area contributed by atoms with Crippen molar-refractivity contribution >= 4 is 6.03 Å². The summed E-state index contributed by atoms with van der Waals surface area (Å²) >= 11 is 0. The molecule has 128 valence electrons. The summed E-state index contributed by atoms with van der Waals surface area (Å²) in [6.07, 6.45) is 2.28. The molecular formula is C16H26N4O3. The number of aryl methyl sites for hydroxylation is 1. The summed E-state index contributed by atoms with van der Waals surface area (Å²) in [4.78, 5) is 16.5. The molecule has 2 aliphatic rings. The zero-order valence-electron chi connectivity index (χ0n) is 14.0. The van der Waals surface area contributed by atoms with Gasteiger partial charge in [0, 0.05) is 38.9 Å². The number of piperazine rings is 1. The Bertz CT molecular complexity index is 519. The van der Waals surface area contributed by atoms with E-state index in [0.29, 0.717) is 0 Å². The number of carbonyl (C=O) groups excluding carboxylic acids is 1. The third kappa shape index (κ3) is 4.23. The number of carbonyl (C=O) groups is 1. The molecule has 7 heteroatoms. The summed E-state index contributed by atoms with van der Waals surface area (Å²) in [5.41, 5.74) is 0.904. The van der Waals surface area contributed by atoms with Gasteiger partial charge in [-0.2, -0.15) is 0 Å². The number of urea groups is 1. The minimum atomic E-state index is 0.0168. The van der Waals surface area contributed by atoms with E-state index in [1.165, 1.54) is 0 Å². The molecule has 2 atom stereocenters. The molecule has 1 aromatic rings. The number of hydrogen-bond donors (Lipinski definition) is 1. The Kier molecular flexibility index (Phi) is 5.17. The zero-order chi connectivity index (χ0) is 16.2. The Labute approximate surface area is 136 Å². The maximum atomic E-state index is 12.3. The van der Waals surface area contributed by atoms with Crippen LogP contribution in [-0.4, -0.2) is 65.9 Å². The molecule has 0 saturated carbocycles. The summed E-state index contributed by atoms with van der Waals surface area (Å²) in [6, 6.07) is 2.05. The van der Waals surface area contributed by atoms with Crippen molar-refractivity contribution in [2.75, 3.05) is 32.8 Å². The predicted molar refractivity (Wildman–Crippen MR) is 85.1 cm³/mol. The van der Waals surface area contributed by atoms with Gasteiger partial charge in [-0.15, -0.1) is 0 Å². The first-order valence-corrected chi connectivity index (χ1v) is 8.43. The van der Waals surface area contributed by atoms with Gasteiger partial charge in [-0.25, -0.2) is 4.79 Å². The first-order chi connectivity index (χ1) is 11.1. The lowest BCUT2D eigenvalue weighted by Gasteiger charge is -2.35. The van der Waals surface area contributed by atoms with Gasteiger partial charge >= 0.3 is 6.03 Å². The lowest BCUT2D eigenvalue weighted by molar-refractivity contribution is 0.0795. The van der Waals surface area contributed by atoms with E-state index >= 15 is 0 Å². The predicted octanol–water partition coefficient (Wildman–Crippen LogP) is 1.38. The molecule has 3 rings (SSSR count). The van der Waals surface area contributed by atoms with Crippen molar-refractivity contribution < 1.29 is 14.1 Å². The number of hydrogen-bond acceptors (Lipinski definition) is 5. The molecule has 2 saturated heterocycles. The van der Waals surface area contributed by atoms with Gasteiger partial charge in [-0.3, -0.25) is 4.90 Å². The smallest absolute Gasteiger partial charge is 0.317 e. The Hall–Kier alpha value is -1.60. The fraction of sp³-hybridized carbons (Fsp3) is 0.750. The lowest BCUT2D eigenvalue weighted by Crippen LogP contribution is -2.54. The summed E-state index contributed by atoms with van der Waals surface area (Å²) < 4.78 is 10.9. The van der Waals surface area contributed by atoms with Crippen molar-refractivity contribution in [3.8, 4) is 0 Å². The van der Waals surface area contributed by atoms with Gasteiger partial charge < -0.3 is 19.5 Å². The van der Waals surface area contributed by atoms with Crippen molar-refractivity contribution in [1.82, 2.24) is 20.3 Å². The molecule has 2 aliphatic heterocycles. The van der Waals surface area contributed by atoms with E-state index in [9.17, 15) is 4.79 Å². The third-order valence-electron chi connectivity index (χ3n) is 4.59. The Morgan fingerprint density at radius 2 is 2.22 bits per heavy atom. The Morgan fingerprint density at radius 1 is 1.43 bits per heavy atom. The molecule has 2 fully saturated rings. The second kappa shape index (κ2) is 7.31. The maximum absolute atomic E-state index is 12.3. The van der Waals surface area contributed by atoms with E-state index in [1.54, 1.807) is 0 Å². The largest absolute Gasteiger partial charge is 0.376 e. The van der Waals surface area contributed by atoms with Crippen LogP contribution in [0.15, 0.2) is 10.6 Å². The fourth-order valence-corrected chi connectivity index (χ4v) is 3.20. The van der Waals surface area contributed by atoms with E-state index in [0.717, 1.165) is 63.6 Å². The van der Waals surface area contributed by atoms with Gasteiger partial charge in [0.15, 0.2) is 5.76 Å². The van der Waals surface area contributed by atoms with Crippen LogP contribution >= 0.6 is 0 Å². The molecule has 3 heterocycles. The highest BCUT2D eigenvalue weighted by Gasteiger charge is 2.27. The number of ether oxygens (including phenoxy) is 1. The topological polar surface area (TPSA) is 70.8 Å². The maximum Gasteiger partial charge on any atom is 0.317 e. The van der Waals surface area contributed by atoms with Crippen LogP contribution in [0.1, 0.15) is 31.2 Å². The molecule has 0 unspecified atom stereocenters. The first-order valence-electron chi connectivity index (χ1n) is 8.43. The first kappa shape index (κ1) is 16.3. The van der Waals surface area contributed by atoms with E-state index in [2.05, 4.69) is 15.4 Å². The molecule has 0 bridgehead atoms. The second-order valence-corrected chi connectivity index (χ2v) is 6.49. The summed E-state index contributed by atoms with van der Waals surface area (Å²) in [7, 11) is 0. The fourth-order valence-electron chi connectivity index (χ4n) is 3.20. The van der Waals surface area contributed by atoms with Gasteiger partial charge in [0.05, 0.1) is 24.4 Å². The monoisotopic (exact) mass is 322 g/mol. The highest BCUT2D eigenvalue weighted by molar-refractivity contribution is 5.74. The number of aromatic nitrogens is 1. The average Bonchev–Trinajstić information content (AvgIpc) is 3.20. The summed E-state index contributed by atoms with van der Waals surface area (Å²) in [6.45, 7) is 8.67. The SMILES string of the molecule is Cc1cc(CN2CCN(C(=O)N[C@H](C)[C@@H]3CCCO3)CC2)on1. The average molecular weight is 322 g/mol. The molecule has 1 aromatic heterocycles. The molecule has 7 nitrogen and oxygen atoms in total. The van der Waals surface area contributed by atoms with Gasteiger partial charge in [0.2, 0.25) is 0 Å². The van der Waals surface area contributed by atoms with Gasteiger partial charge in [-0.1, -0.05) is 5.16 Å². The van der Waals surface area contributed by atoms with Gasteiger partial charge in [0.25, 0.3) is 0 Å². The molecular weight excluding hydrogens is 296 g/mol. The Balaban J connectivity index is 1.41. The molecule has 0 spiro atoms. The van der Waals surface area contributed by atoms with Crippen LogP contribution in [0.25, 0.3) is 0 Å². The van der Waals surface area contributed by atoms with Crippen molar-refractivity contribution in [1.29, 1.82) is 0 Å². The number of nitrogens with zero attached hydrogens (tertiary/aromatic N) is 3. The standard InChI is InChI=1S/C16H26N4O3/c1-12-10-14(23-18-12)11-19-5-7-20(8-6-19)16(21)17-13(2)15-4-3-9-22-15/h10,13,15H,3-9,11H2,1-2H3,(H,17,21)/t13-,15+/m1/s1. The van der Waals surface area contributed by atoms with Crippen LogP contribution in [0.2, 0.25) is 0 Å². The minimum Gasteiger partial charge on any atom is -0.376 e. The van der Waals surface area contributed by atoms with Crippen LogP contribution in [0.4, 0.5) is 4.79 Å². The van der Waals surface area contributed by atoms with Crippen LogP contribution in [0, 0.1) is 6.92 Å². The molecule has 0 aromatic carbocycles. The molecule has 2 amide bonds. The summed E-state index contributed by atoms with van der Waals surface area (Å²) in [5.74, 6) is 0.882. The minimum absolute atomic E-state index is 0.0168. The van der Waals surface area contributed by atoms with E-state index in [-0.39, 0.29) is 18.2 Å². The van der Waals surface area contributed by atoms with Crippen molar-refractivity contribution in [2.45, 2.75) is 45.4 Å². The van der Waals surface area contributed by atoms with Crippen molar-refractivity contribution in [2.24, 2.45) is 0 Å². The normalized spacial score (nSPS) is 23.9.